The number of benzene rings is 2. The van der Waals surface area contributed by atoms with Crippen LogP contribution in [0.4, 0.5) is 0 Å². The average Bonchev–Trinajstić information content (AvgIpc) is 3.45. The minimum atomic E-state index is 0.0712. The molecule has 2 aromatic rings. The fraction of sp³-hybridized carbons (Fsp3) is 0.350. The van der Waals surface area contributed by atoms with E-state index in [1.807, 2.05) is 36.4 Å². The van der Waals surface area contributed by atoms with Gasteiger partial charge in [-0.3, -0.25) is 0 Å². The molecule has 0 atom stereocenters. The molecule has 2 aromatic carbocycles. The molecule has 0 heterocycles. The SMILES string of the molecule is COc1ccc(CN=C(N)NCC2(c3ccccc3Cl)CC2)cc1OC. The number of ether oxygens (including phenoxy) is 2. The summed E-state index contributed by atoms with van der Waals surface area (Å²) in [6.45, 7) is 1.20. The summed E-state index contributed by atoms with van der Waals surface area (Å²) >= 11 is 6.35. The maximum absolute atomic E-state index is 6.35. The third-order valence-electron chi connectivity index (χ3n) is 4.79. The third kappa shape index (κ3) is 4.05. The minimum Gasteiger partial charge on any atom is -0.493 e. The van der Waals surface area contributed by atoms with Crippen LogP contribution in [0.3, 0.4) is 0 Å². The van der Waals surface area contributed by atoms with Crippen molar-refractivity contribution in [1.29, 1.82) is 0 Å². The second-order valence-corrected chi connectivity index (χ2v) is 6.91. The van der Waals surface area contributed by atoms with Crippen LogP contribution in [0.5, 0.6) is 11.5 Å². The Hall–Kier alpha value is -2.40. The van der Waals surface area contributed by atoms with Crippen LogP contribution in [0.1, 0.15) is 24.0 Å². The largest absolute Gasteiger partial charge is 0.493 e. The first-order valence-electron chi connectivity index (χ1n) is 8.58. The first-order valence-corrected chi connectivity index (χ1v) is 8.95. The lowest BCUT2D eigenvalue weighted by atomic mass is 9.96. The van der Waals surface area contributed by atoms with E-state index >= 15 is 0 Å². The van der Waals surface area contributed by atoms with Crippen molar-refractivity contribution >= 4 is 17.6 Å². The Kier molecular flexibility index (Phi) is 5.57. The summed E-state index contributed by atoms with van der Waals surface area (Å²) in [5.41, 5.74) is 8.30. The standard InChI is InChI=1S/C20H24ClN3O2/c1-25-17-8-7-14(11-18(17)26-2)12-23-19(22)24-13-20(9-10-20)15-5-3-4-6-16(15)21/h3-8,11H,9-10,12-13H2,1-2H3,(H3,22,23,24). The number of halogens is 1. The van der Waals surface area contributed by atoms with E-state index in [1.165, 1.54) is 5.56 Å². The van der Waals surface area contributed by atoms with E-state index in [1.54, 1.807) is 14.2 Å². The summed E-state index contributed by atoms with van der Waals surface area (Å²) in [6.07, 6.45) is 2.21. The fourth-order valence-electron chi connectivity index (χ4n) is 3.05. The highest BCUT2D eigenvalue weighted by molar-refractivity contribution is 6.31. The van der Waals surface area contributed by atoms with Crippen LogP contribution in [-0.2, 0) is 12.0 Å². The molecule has 0 bridgehead atoms. The number of methoxy groups -OCH3 is 2. The molecule has 26 heavy (non-hydrogen) atoms. The zero-order valence-electron chi connectivity index (χ0n) is 15.1. The molecule has 0 spiro atoms. The summed E-state index contributed by atoms with van der Waals surface area (Å²) < 4.78 is 10.6. The van der Waals surface area contributed by atoms with Crippen molar-refractivity contribution in [3.63, 3.8) is 0 Å². The van der Waals surface area contributed by atoms with Crippen molar-refractivity contribution in [2.75, 3.05) is 20.8 Å². The van der Waals surface area contributed by atoms with Gasteiger partial charge in [0.2, 0.25) is 0 Å². The lowest BCUT2D eigenvalue weighted by molar-refractivity contribution is 0.354. The van der Waals surface area contributed by atoms with Crippen LogP contribution in [-0.4, -0.2) is 26.7 Å². The van der Waals surface area contributed by atoms with E-state index in [4.69, 9.17) is 26.8 Å². The summed E-state index contributed by atoms with van der Waals surface area (Å²) in [5, 5.41) is 4.06. The molecular formula is C20H24ClN3O2. The van der Waals surface area contributed by atoms with Crippen molar-refractivity contribution in [3.8, 4) is 11.5 Å². The number of hydrogen-bond acceptors (Lipinski definition) is 3. The molecule has 1 aliphatic carbocycles. The number of aliphatic imine (C=N–C) groups is 1. The van der Waals surface area contributed by atoms with Crippen LogP contribution >= 0.6 is 11.6 Å². The topological polar surface area (TPSA) is 68.9 Å². The van der Waals surface area contributed by atoms with Crippen LogP contribution in [0.2, 0.25) is 5.02 Å². The van der Waals surface area contributed by atoms with Crippen molar-refractivity contribution < 1.29 is 9.47 Å². The van der Waals surface area contributed by atoms with Gasteiger partial charge in [0, 0.05) is 17.0 Å². The zero-order chi connectivity index (χ0) is 18.6. The second kappa shape index (κ2) is 7.87. The molecule has 1 aliphatic rings. The van der Waals surface area contributed by atoms with E-state index < -0.39 is 0 Å². The highest BCUT2D eigenvalue weighted by Gasteiger charge is 2.45. The van der Waals surface area contributed by atoms with Gasteiger partial charge < -0.3 is 20.5 Å². The monoisotopic (exact) mass is 373 g/mol. The summed E-state index contributed by atoms with van der Waals surface area (Å²) in [4.78, 5) is 4.43. The summed E-state index contributed by atoms with van der Waals surface area (Å²) in [6, 6.07) is 13.7. The number of nitrogens with two attached hydrogens (primary N) is 1. The molecule has 0 saturated heterocycles. The van der Waals surface area contributed by atoms with Crippen molar-refractivity contribution in [2.45, 2.75) is 24.8 Å². The predicted molar refractivity (Wildman–Crippen MR) is 105 cm³/mol. The highest BCUT2D eigenvalue weighted by atomic mass is 35.5. The van der Waals surface area contributed by atoms with Crippen molar-refractivity contribution in [1.82, 2.24) is 5.32 Å². The Bertz CT molecular complexity index is 803. The third-order valence-corrected chi connectivity index (χ3v) is 5.12. The summed E-state index contributed by atoms with van der Waals surface area (Å²) in [7, 11) is 3.23. The number of rotatable bonds is 7. The van der Waals surface area contributed by atoms with Crippen molar-refractivity contribution in [3.05, 3.63) is 58.6 Å². The minimum absolute atomic E-state index is 0.0712. The molecule has 0 aromatic heterocycles. The molecule has 0 amide bonds. The maximum atomic E-state index is 6.35. The molecule has 1 saturated carbocycles. The zero-order valence-corrected chi connectivity index (χ0v) is 15.8. The van der Waals surface area contributed by atoms with Gasteiger partial charge in [0.15, 0.2) is 17.5 Å². The molecule has 3 rings (SSSR count). The fourth-order valence-corrected chi connectivity index (χ4v) is 3.39. The number of nitrogens with zero attached hydrogens (tertiary/aromatic N) is 1. The molecule has 0 radical (unpaired) electrons. The highest BCUT2D eigenvalue weighted by Crippen LogP contribution is 2.49. The van der Waals surface area contributed by atoms with E-state index in [0.29, 0.717) is 24.0 Å². The Morgan fingerprint density at radius 2 is 1.88 bits per heavy atom. The van der Waals surface area contributed by atoms with E-state index in [2.05, 4.69) is 16.4 Å². The molecule has 6 heteroatoms. The van der Waals surface area contributed by atoms with Crippen molar-refractivity contribution in [2.24, 2.45) is 10.7 Å². The van der Waals surface area contributed by atoms with Gasteiger partial charge >= 0.3 is 0 Å². The average molecular weight is 374 g/mol. The van der Waals surface area contributed by atoms with Gasteiger partial charge in [0.05, 0.1) is 20.8 Å². The second-order valence-electron chi connectivity index (χ2n) is 6.50. The van der Waals surface area contributed by atoms with Gasteiger partial charge in [-0.1, -0.05) is 35.9 Å². The first kappa shape index (κ1) is 18.4. The molecule has 138 valence electrons. The van der Waals surface area contributed by atoms with Crippen LogP contribution in [0, 0.1) is 0 Å². The molecule has 1 fully saturated rings. The summed E-state index contributed by atoms with van der Waals surface area (Å²) in [5.74, 6) is 1.81. The van der Waals surface area contributed by atoms with Gasteiger partial charge in [-0.2, -0.15) is 0 Å². The van der Waals surface area contributed by atoms with Gasteiger partial charge in [-0.05, 0) is 42.2 Å². The lowest BCUT2D eigenvalue weighted by Crippen LogP contribution is -2.37. The van der Waals surface area contributed by atoms with Gasteiger partial charge in [-0.25, -0.2) is 4.99 Å². The Labute approximate surface area is 159 Å². The molecule has 0 unspecified atom stereocenters. The first-order chi connectivity index (χ1) is 12.6. The quantitative estimate of drug-likeness (QED) is 0.575. The normalized spacial score (nSPS) is 15.4. The smallest absolute Gasteiger partial charge is 0.188 e. The predicted octanol–water partition coefficient (Wildman–Crippen LogP) is 3.49. The maximum Gasteiger partial charge on any atom is 0.188 e. The van der Waals surface area contributed by atoms with Gasteiger partial charge in [0.25, 0.3) is 0 Å². The van der Waals surface area contributed by atoms with E-state index in [9.17, 15) is 0 Å². The van der Waals surface area contributed by atoms with E-state index in [-0.39, 0.29) is 5.41 Å². The van der Waals surface area contributed by atoms with Crippen LogP contribution in [0.15, 0.2) is 47.5 Å². The number of nitrogens with one attached hydrogen (secondary N) is 1. The Morgan fingerprint density at radius 3 is 2.54 bits per heavy atom. The van der Waals surface area contributed by atoms with E-state index in [0.717, 1.165) is 30.0 Å². The molecule has 3 N–H and O–H groups in total. The molecular weight excluding hydrogens is 350 g/mol. The molecule has 5 nitrogen and oxygen atoms in total. The van der Waals surface area contributed by atoms with Crippen LogP contribution < -0.4 is 20.5 Å². The lowest BCUT2D eigenvalue weighted by Gasteiger charge is -2.18. The molecule has 0 aliphatic heterocycles. The van der Waals surface area contributed by atoms with Crippen LogP contribution in [0.25, 0.3) is 0 Å². The number of guanidine groups is 1. The Morgan fingerprint density at radius 1 is 1.15 bits per heavy atom. The van der Waals surface area contributed by atoms with Gasteiger partial charge in [0.1, 0.15) is 0 Å². The Balaban J connectivity index is 1.60. The number of hydrogen-bond donors (Lipinski definition) is 2. The van der Waals surface area contributed by atoms with Gasteiger partial charge in [-0.15, -0.1) is 0 Å².